The first-order chi connectivity index (χ1) is 22.3. The maximum Gasteiger partial charge on any atom is 0.533 e. The number of nitrogens with zero attached hydrogens (tertiary/aromatic N) is 1. The van der Waals surface area contributed by atoms with Gasteiger partial charge in [0.2, 0.25) is 0 Å². The molecule has 2 aliphatic rings. The van der Waals surface area contributed by atoms with Gasteiger partial charge in [-0.15, -0.1) is 0 Å². The Morgan fingerprint density at radius 2 is 1.74 bits per heavy atom. The van der Waals surface area contributed by atoms with Crippen molar-refractivity contribution in [2.75, 3.05) is 25.5 Å². The lowest BCUT2D eigenvalue weighted by Crippen LogP contribution is -2.37. The van der Waals surface area contributed by atoms with Gasteiger partial charge in [0, 0.05) is 53.0 Å². The van der Waals surface area contributed by atoms with Gasteiger partial charge in [-0.3, -0.25) is 14.4 Å². The summed E-state index contributed by atoms with van der Waals surface area (Å²) in [5.74, 6) is 5.64. The van der Waals surface area contributed by atoms with E-state index < -0.39 is 35.8 Å². The quantitative estimate of drug-likeness (QED) is 0.0683. The molecule has 1 aliphatic carbocycles. The molecule has 10 nitrogen and oxygen atoms in total. The van der Waals surface area contributed by atoms with Crippen LogP contribution in [0.1, 0.15) is 71.9 Å². The third-order valence-corrected chi connectivity index (χ3v) is 9.96. The second-order valence-electron chi connectivity index (χ2n) is 11.4. The molecule has 0 saturated carbocycles. The van der Waals surface area contributed by atoms with E-state index in [2.05, 4.69) is 35.2 Å². The van der Waals surface area contributed by atoms with Gasteiger partial charge in [-0.25, -0.2) is 9.59 Å². The van der Waals surface area contributed by atoms with Crippen LogP contribution >= 0.6 is 21.6 Å². The number of nitrogens with one attached hydrogen (secondary N) is 1. The zero-order chi connectivity index (χ0) is 35.0. The summed E-state index contributed by atoms with van der Waals surface area (Å²) >= 11 is 0. The fraction of sp³-hybridized carbons (Fsp3) is 0.486. The summed E-state index contributed by atoms with van der Waals surface area (Å²) in [5.41, 5.74) is 2.74. The molecule has 0 radical (unpaired) electrons. The summed E-state index contributed by atoms with van der Waals surface area (Å²) in [7, 11) is 3.07. The molecule has 1 aliphatic heterocycles. The molecule has 0 aromatic heterocycles. The third-order valence-electron chi connectivity index (χ3n) is 6.74. The van der Waals surface area contributed by atoms with E-state index in [1.807, 2.05) is 65.8 Å². The van der Waals surface area contributed by atoms with E-state index in [0.29, 0.717) is 48.0 Å². The number of carbonyl (C=O) groups is 4. The molecule has 1 heterocycles. The van der Waals surface area contributed by atoms with Crippen molar-refractivity contribution < 1.29 is 38.2 Å². The highest BCUT2D eigenvalue weighted by Gasteiger charge is 2.33. The van der Waals surface area contributed by atoms with E-state index in [1.54, 1.807) is 22.9 Å². The van der Waals surface area contributed by atoms with Crippen LogP contribution < -0.4 is 5.32 Å². The zero-order valence-corrected chi connectivity index (χ0v) is 29.8. The fourth-order valence-electron chi connectivity index (χ4n) is 4.25. The van der Waals surface area contributed by atoms with Crippen LogP contribution in [0, 0.1) is 11.8 Å². The zero-order valence-electron chi connectivity index (χ0n) is 28.1. The van der Waals surface area contributed by atoms with Gasteiger partial charge in [0.05, 0.1) is 12.2 Å². The van der Waals surface area contributed by atoms with Crippen molar-refractivity contribution in [3.8, 4) is 11.8 Å². The van der Waals surface area contributed by atoms with Crippen LogP contribution in [0.2, 0.25) is 0 Å². The minimum Gasteiger partial charge on any atom is -0.441 e. The molecule has 1 unspecified atom stereocenters. The Bertz CT molecular complexity index is 1380. The van der Waals surface area contributed by atoms with Crippen molar-refractivity contribution in [2.24, 2.45) is 0 Å². The Morgan fingerprint density at radius 3 is 2.40 bits per heavy atom. The maximum atomic E-state index is 12.8. The fourth-order valence-corrected chi connectivity index (χ4v) is 6.46. The maximum absolute atomic E-state index is 12.8. The lowest BCUT2D eigenvalue weighted by molar-refractivity contribution is -0.176. The summed E-state index contributed by atoms with van der Waals surface area (Å²) in [6.45, 7) is 20.6. The summed E-state index contributed by atoms with van der Waals surface area (Å²) < 4.78 is 16.7. The van der Waals surface area contributed by atoms with Gasteiger partial charge >= 0.3 is 12.2 Å². The van der Waals surface area contributed by atoms with Gasteiger partial charge in [0.25, 0.3) is 11.8 Å². The predicted molar refractivity (Wildman–Crippen MR) is 186 cm³/mol. The average Bonchev–Trinajstić information content (AvgIpc) is 3.34. The number of alkyl carbamates (subject to hydrolysis) is 1. The normalized spacial score (nSPS) is 17.5. The molecule has 1 saturated heterocycles. The molecule has 0 bridgehead atoms. The van der Waals surface area contributed by atoms with Gasteiger partial charge < -0.3 is 19.5 Å². The van der Waals surface area contributed by atoms with E-state index in [0.717, 1.165) is 11.1 Å². The van der Waals surface area contributed by atoms with Crippen molar-refractivity contribution in [3.63, 3.8) is 0 Å². The SMILES string of the molecule is C=C/C1=C(\C=C)C(OC(=O)NCCC(C)(C)OCC(C)(C)SSCCOC(=O)ON2C(=O)CCC2=O)Cc2ccccc2C#C1.CC. The number of hydrogen-bond donors (Lipinski definition) is 1. The van der Waals surface area contributed by atoms with Gasteiger partial charge in [0.1, 0.15) is 12.7 Å². The Balaban J connectivity index is 0.00000376. The standard InChI is InChI=1S/C33H40N2O8S2.C2H6/c1-7-23-13-14-24-11-9-10-12-25(24)21-27(26(23)8-2)42-30(38)34-18-17-32(3,4)41-22-33(5,6)45-44-20-19-40-31(39)43-35-28(36)15-16-29(35)37;1-2/h7-12,27H,1-2,15-22H2,3-6H3,(H,34,38);1-2H3/b26-23-;. The van der Waals surface area contributed by atoms with Crippen LogP contribution in [0.15, 0.2) is 60.7 Å². The van der Waals surface area contributed by atoms with E-state index in [1.165, 1.54) is 10.8 Å². The van der Waals surface area contributed by atoms with Gasteiger partial charge in [-0.05, 0) is 45.7 Å². The summed E-state index contributed by atoms with van der Waals surface area (Å²) in [4.78, 5) is 52.3. The van der Waals surface area contributed by atoms with Crippen molar-refractivity contribution in [1.29, 1.82) is 0 Å². The molecule has 1 aromatic carbocycles. The van der Waals surface area contributed by atoms with Crippen LogP contribution in [0.4, 0.5) is 9.59 Å². The summed E-state index contributed by atoms with van der Waals surface area (Å²) in [6, 6.07) is 7.78. The Labute approximate surface area is 286 Å². The van der Waals surface area contributed by atoms with Crippen molar-refractivity contribution in [3.05, 3.63) is 71.8 Å². The number of imide groups is 1. The first-order valence-electron chi connectivity index (χ1n) is 15.5. The number of rotatable bonds is 15. The second kappa shape index (κ2) is 19.2. The van der Waals surface area contributed by atoms with E-state index >= 15 is 0 Å². The molecular weight excluding hydrogens is 641 g/mol. The van der Waals surface area contributed by atoms with Crippen LogP contribution in [0.25, 0.3) is 0 Å². The molecule has 0 spiro atoms. The minimum atomic E-state index is -1.09. The van der Waals surface area contributed by atoms with E-state index in [9.17, 15) is 19.2 Å². The first-order valence-corrected chi connectivity index (χ1v) is 17.8. The largest absolute Gasteiger partial charge is 0.533 e. The van der Waals surface area contributed by atoms with Crippen molar-refractivity contribution in [2.45, 2.75) is 83.7 Å². The first kappa shape index (κ1) is 39.5. The van der Waals surface area contributed by atoms with Crippen LogP contribution in [0.3, 0.4) is 0 Å². The lowest BCUT2D eigenvalue weighted by Gasteiger charge is -2.31. The van der Waals surface area contributed by atoms with Crippen LogP contribution in [-0.2, 0) is 35.1 Å². The van der Waals surface area contributed by atoms with Crippen molar-refractivity contribution in [1.82, 2.24) is 10.4 Å². The molecule has 12 heteroatoms. The third kappa shape index (κ3) is 13.2. The van der Waals surface area contributed by atoms with Gasteiger partial charge in [-0.1, -0.05) is 95.8 Å². The van der Waals surface area contributed by atoms with Crippen molar-refractivity contribution >= 4 is 45.7 Å². The van der Waals surface area contributed by atoms with E-state index in [-0.39, 0.29) is 24.2 Å². The Kier molecular flexibility index (Phi) is 16.2. The number of benzene rings is 1. The number of fused-ring (bicyclic) bond motifs is 1. The predicted octanol–water partition coefficient (Wildman–Crippen LogP) is 6.95. The Morgan fingerprint density at radius 1 is 1.06 bits per heavy atom. The molecule has 1 N–H and O–H groups in total. The summed E-state index contributed by atoms with van der Waals surface area (Å²) in [6.07, 6.45) is 2.18. The molecule has 3 amide bonds. The number of amides is 3. The van der Waals surface area contributed by atoms with Crippen LogP contribution in [0.5, 0.6) is 0 Å². The average molecular weight is 687 g/mol. The number of carbonyl (C=O) groups excluding carboxylic acids is 4. The number of hydroxylamine groups is 2. The summed E-state index contributed by atoms with van der Waals surface area (Å²) in [5, 5.41) is 3.30. The minimum absolute atomic E-state index is 0.0218. The number of allylic oxidation sites excluding steroid dienone is 2. The molecule has 1 atom stereocenters. The number of hydrogen-bond acceptors (Lipinski definition) is 10. The lowest BCUT2D eigenvalue weighted by atomic mass is 9.92. The molecular formula is C35H46N2O8S2. The highest BCUT2D eigenvalue weighted by atomic mass is 33.1. The smallest absolute Gasteiger partial charge is 0.441 e. The molecule has 3 rings (SSSR count). The monoisotopic (exact) mass is 686 g/mol. The Hall–Kier alpha value is -3.66. The second-order valence-corrected chi connectivity index (χ2v) is 14.6. The molecule has 1 aromatic rings. The van der Waals surface area contributed by atoms with Crippen LogP contribution in [-0.4, -0.2) is 71.1 Å². The highest BCUT2D eigenvalue weighted by Crippen LogP contribution is 2.36. The van der Waals surface area contributed by atoms with Gasteiger partial charge in [-0.2, -0.15) is 0 Å². The van der Waals surface area contributed by atoms with Gasteiger partial charge in [0.15, 0.2) is 0 Å². The molecule has 256 valence electrons. The highest BCUT2D eigenvalue weighted by molar-refractivity contribution is 8.77. The topological polar surface area (TPSA) is 120 Å². The molecule has 47 heavy (non-hydrogen) atoms. The molecule has 1 fully saturated rings. The number of ether oxygens (including phenoxy) is 3. The van der Waals surface area contributed by atoms with E-state index in [4.69, 9.17) is 14.2 Å².